The molecule has 4 heteroatoms. The quantitative estimate of drug-likeness (QED) is 0.386. The third-order valence-corrected chi connectivity index (χ3v) is 3.51. The van der Waals surface area contributed by atoms with Gasteiger partial charge in [0.15, 0.2) is 0 Å². The third-order valence-electron chi connectivity index (χ3n) is 3.51. The number of esters is 1. The molecule has 66 valence electrons. The Bertz CT molecular complexity index is 226. The molecule has 1 aliphatic heterocycles. The Kier molecular flexibility index (Phi) is 1.52. The lowest BCUT2D eigenvalue weighted by molar-refractivity contribution is -0.143. The van der Waals surface area contributed by atoms with Gasteiger partial charge in [0.25, 0.3) is 0 Å². The minimum atomic E-state index is -0.612. The number of rotatable bonds is 0. The second-order valence-corrected chi connectivity index (χ2v) is 4.24. The summed E-state index contributed by atoms with van der Waals surface area (Å²) in [6.45, 7) is 2.48. The van der Waals surface area contributed by atoms with Crippen LogP contribution in [-0.2, 0) is 9.53 Å². The molecule has 1 saturated carbocycles. The Morgan fingerprint density at radius 3 is 3.00 bits per heavy atom. The van der Waals surface area contributed by atoms with Crippen molar-refractivity contribution in [3.8, 4) is 0 Å². The lowest BCUT2D eigenvalue weighted by Crippen LogP contribution is -2.34. The second-order valence-electron chi connectivity index (χ2n) is 4.24. The number of carbonyl (C=O) groups excluding carboxylic acids is 1. The van der Waals surface area contributed by atoms with Crippen molar-refractivity contribution in [3.05, 3.63) is 0 Å². The summed E-state index contributed by atoms with van der Waals surface area (Å²) in [6.07, 6.45) is 0.390. The number of hydrogen-bond donors (Lipinski definition) is 1. The monoisotopic (exact) mass is 168 g/mol. The van der Waals surface area contributed by atoms with Gasteiger partial charge in [-0.15, -0.1) is 0 Å². The molecule has 12 heavy (non-hydrogen) atoms. The molecule has 0 aromatic carbocycles. The van der Waals surface area contributed by atoms with Crippen LogP contribution in [0, 0.1) is 11.8 Å². The van der Waals surface area contributed by atoms with Crippen molar-refractivity contribution in [1.29, 1.82) is 0 Å². The van der Waals surface area contributed by atoms with Gasteiger partial charge in [0.1, 0.15) is 7.85 Å². The fourth-order valence-corrected chi connectivity index (χ4v) is 2.52. The van der Waals surface area contributed by atoms with E-state index in [0.29, 0.717) is 6.61 Å². The minimum absolute atomic E-state index is 0.218. The maximum Gasteiger partial charge on any atom is 0.306 e. The molecule has 0 amide bonds. The summed E-state index contributed by atoms with van der Waals surface area (Å²) in [5, 5.41) is 9.19. The molecule has 2 fully saturated rings. The van der Waals surface area contributed by atoms with Gasteiger partial charge in [-0.05, 0) is 12.3 Å². The Morgan fingerprint density at radius 1 is 1.75 bits per heavy atom. The van der Waals surface area contributed by atoms with Crippen molar-refractivity contribution in [2.24, 2.45) is 11.8 Å². The average Bonchev–Trinajstić information content (AvgIpc) is 2.41. The fourth-order valence-electron chi connectivity index (χ4n) is 2.52. The predicted molar refractivity (Wildman–Crippen MR) is 45.5 cm³/mol. The number of cyclic esters (lactones) is 1. The van der Waals surface area contributed by atoms with Crippen molar-refractivity contribution in [2.75, 3.05) is 6.61 Å². The van der Waals surface area contributed by atoms with Crippen LogP contribution in [0.5, 0.6) is 0 Å². The molecule has 1 unspecified atom stereocenters. The van der Waals surface area contributed by atoms with Crippen LogP contribution in [0.15, 0.2) is 0 Å². The Labute approximate surface area is 72.5 Å². The predicted octanol–water partition coefficient (Wildman–Crippen LogP) is -0.648. The summed E-state index contributed by atoms with van der Waals surface area (Å²) in [6, 6.07) is 0. The Hall–Kier alpha value is -0.505. The largest absolute Gasteiger partial charge is 0.465 e. The molecular weight excluding hydrogens is 155 g/mol. The molecule has 2 aliphatic rings. The summed E-state index contributed by atoms with van der Waals surface area (Å²) in [5.41, 5.74) is 0. The first kappa shape index (κ1) is 8.11. The highest BCUT2D eigenvalue weighted by Gasteiger charge is 2.59. The molecule has 0 aromatic heterocycles. The normalized spacial score (nSPS) is 52.2. The fraction of sp³-hybridized carbons (Fsp3) is 0.875. The third kappa shape index (κ3) is 0.737. The van der Waals surface area contributed by atoms with Crippen molar-refractivity contribution < 1.29 is 14.6 Å². The van der Waals surface area contributed by atoms with Crippen LogP contribution in [0.1, 0.15) is 13.3 Å². The summed E-state index contributed by atoms with van der Waals surface area (Å²) in [7, 11) is 1.82. The van der Waals surface area contributed by atoms with Crippen LogP contribution in [0.3, 0.4) is 0 Å². The maximum atomic E-state index is 11.4. The molecule has 2 rings (SSSR count). The lowest BCUT2D eigenvalue weighted by Gasteiger charge is -2.23. The van der Waals surface area contributed by atoms with Crippen molar-refractivity contribution in [1.82, 2.24) is 0 Å². The van der Waals surface area contributed by atoms with Crippen LogP contribution >= 0.6 is 0 Å². The van der Waals surface area contributed by atoms with Gasteiger partial charge in [-0.2, -0.15) is 0 Å². The highest BCUT2D eigenvalue weighted by Crippen LogP contribution is 2.54. The van der Waals surface area contributed by atoms with E-state index in [0.717, 1.165) is 6.42 Å². The number of ether oxygens (including phenoxy) is 1. The van der Waals surface area contributed by atoms with E-state index in [-0.39, 0.29) is 17.8 Å². The van der Waals surface area contributed by atoms with E-state index in [1.165, 1.54) is 0 Å². The Balaban J connectivity index is 2.34. The zero-order valence-electron chi connectivity index (χ0n) is 7.41. The molecule has 1 saturated heterocycles. The molecule has 0 spiro atoms. The minimum Gasteiger partial charge on any atom is -0.465 e. The van der Waals surface area contributed by atoms with Crippen LogP contribution < -0.4 is 0 Å². The first-order chi connectivity index (χ1) is 5.56. The van der Waals surface area contributed by atoms with E-state index < -0.39 is 11.4 Å². The van der Waals surface area contributed by atoms with E-state index in [1.54, 1.807) is 0 Å². The van der Waals surface area contributed by atoms with Gasteiger partial charge in [0, 0.05) is 5.92 Å². The van der Waals surface area contributed by atoms with Crippen LogP contribution in [-0.4, -0.2) is 31.6 Å². The average molecular weight is 168 g/mol. The molecule has 1 heterocycles. The SMILES string of the molecule is BC12C(=O)OC[C@@H]1C[C@@H](C)[C@H]2O. The van der Waals surface area contributed by atoms with E-state index >= 15 is 0 Å². The van der Waals surface area contributed by atoms with Gasteiger partial charge in [-0.1, -0.05) is 6.92 Å². The van der Waals surface area contributed by atoms with Gasteiger partial charge in [-0.3, -0.25) is 4.79 Å². The van der Waals surface area contributed by atoms with Crippen LogP contribution in [0.2, 0.25) is 5.31 Å². The zero-order chi connectivity index (χ0) is 8.93. The van der Waals surface area contributed by atoms with Gasteiger partial charge in [-0.25, -0.2) is 0 Å². The first-order valence-electron chi connectivity index (χ1n) is 4.42. The van der Waals surface area contributed by atoms with Crippen molar-refractivity contribution in [2.45, 2.75) is 24.8 Å². The number of aliphatic hydroxyl groups excluding tert-OH is 1. The first-order valence-corrected chi connectivity index (χ1v) is 4.42. The molecule has 1 aliphatic carbocycles. The van der Waals surface area contributed by atoms with Gasteiger partial charge in [0.2, 0.25) is 0 Å². The highest BCUT2D eigenvalue weighted by atomic mass is 16.5. The summed E-state index contributed by atoms with van der Waals surface area (Å²) >= 11 is 0. The summed E-state index contributed by atoms with van der Waals surface area (Å²) in [4.78, 5) is 11.4. The summed E-state index contributed by atoms with van der Waals surface area (Å²) < 4.78 is 4.94. The number of fused-ring (bicyclic) bond motifs is 1. The van der Waals surface area contributed by atoms with Gasteiger partial charge >= 0.3 is 5.97 Å². The zero-order valence-corrected chi connectivity index (χ0v) is 7.41. The van der Waals surface area contributed by atoms with Crippen molar-refractivity contribution in [3.63, 3.8) is 0 Å². The van der Waals surface area contributed by atoms with Crippen molar-refractivity contribution >= 4 is 13.8 Å². The maximum absolute atomic E-state index is 11.4. The van der Waals surface area contributed by atoms with E-state index in [4.69, 9.17) is 4.74 Å². The molecule has 4 atom stereocenters. The number of hydrogen-bond acceptors (Lipinski definition) is 3. The van der Waals surface area contributed by atoms with Gasteiger partial charge in [0.05, 0.1) is 18.0 Å². The molecule has 3 nitrogen and oxygen atoms in total. The van der Waals surface area contributed by atoms with Crippen LogP contribution in [0.4, 0.5) is 0 Å². The van der Waals surface area contributed by atoms with Gasteiger partial charge < -0.3 is 9.84 Å². The standard InChI is InChI=1S/C8H13BO3/c1-4-2-5-3-12-7(11)8(5,9)6(4)10/h4-6,10H,2-3,9H2,1H3/t4-,5+,6-,8?/m1/s1. The van der Waals surface area contributed by atoms with Crippen LogP contribution in [0.25, 0.3) is 0 Å². The second kappa shape index (κ2) is 2.25. The molecule has 1 N–H and O–H groups in total. The van der Waals surface area contributed by atoms with E-state index in [2.05, 4.69) is 0 Å². The number of aliphatic hydroxyl groups is 1. The highest BCUT2D eigenvalue weighted by molar-refractivity contribution is 6.28. The smallest absolute Gasteiger partial charge is 0.306 e. The number of carbonyl (C=O) groups is 1. The van der Waals surface area contributed by atoms with E-state index in [1.807, 2.05) is 14.8 Å². The molecule has 0 bridgehead atoms. The molecular formula is C8H13BO3. The molecule has 0 aromatic rings. The Morgan fingerprint density at radius 2 is 2.42 bits per heavy atom. The molecule has 0 radical (unpaired) electrons. The summed E-state index contributed by atoms with van der Waals surface area (Å²) in [5.74, 6) is 0.243. The lowest BCUT2D eigenvalue weighted by atomic mass is 9.62. The van der Waals surface area contributed by atoms with E-state index in [9.17, 15) is 9.90 Å². The topological polar surface area (TPSA) is 46.5 Å².